The second kappa shape index (κ2) is 6.34. The van der Waals surface area contributed by atoms with Crippen LogP contribution in [0.4, 0.5) is 0 Å². The molecule has 1 aromatic carbocycles. The Morgan fingerprint density at radius 2 is 1.95 bits per heavy atom. The van der Waals surface area contributed by atoms with Crippen molar-refractivity contribution in [2.24, 2.45) is 0 Å². The van der Waals surface area contributed by atoms with Gasteiger partial charge >= 0.3 is 5.97 Å². The predicted octanol–water partition coefficient (Wildman–Crippen LogP) is 5.33. The zero-order valence-corrected chi connectivity index (χ0v) is 15.0. The summed E-state index contributed by atoms with van der Waals surface area (Å²) in [5, 5.41) is 0.501. The molecular formula is C16H16BrClO4. The second-order valence-corrected chi connectivity index (χ2v) is 6.90. The standard InChI is InChI=1S/C16H16BrClO4/c1-16(2,3)22-15(19)13-8-10(17)14(21-13)9-5-6-11(18)12(7-9)20-4/h5-8H,1-4H3. The number of ether oxygens (including phenoxy) is 2. The first kappa shape index (κ1) is 16.9. The Morgan fingerprint density at radius 3 is 2.55 bits per heavy atom. The molecule has 0 aliphatic heterocycles. The number of benzene rings is 1. The first-order valence-electron chi connectivity index (χ1n) is 6.58. The summed E-state index contributed by atoms with van der Waals surface area (Å²) in [5.41, 5.74) is 0.155. The van der Waals surface area contributed by atoms with Crippen LogP contribution in [0, 0.1) is 0 Å². The fourth-order valence-corrected chi connectivity index (χ4v) is 2.51. The molecule has 4 nitrogen and oxygen atoms in total. The molecule has 0 unspecified atom stereocenters. The van der Waals surface area contributed by atoms with Crippen LogP contribution in [0.5, 0.6) is 5.75 Å². The summed E-state index contributed by atoms with van der Waals surface area (Å²) in [5.74, 6) is 0.656. The van der Waals surface area contributed by atoms with E-state index in [1.54, 1.807) is 45.0 Å². The Balaban J connectivity index is 2.36. The van der Waals surface area contributed by atoms with Crippen LogP contribution in [-0.2, 0) is 4.74 Å². The Labute approximate surface area is 142 Å². The van der Waals surface area contributed by atoms with Crippen LogP contribution in [0.15, 0.2) is 33.2 Å². The first-order valence-corrected chi connectivity index (χ1v) is 7.75. The van der Waals surface area contributed by atoms with E-state index < -0.39 is 11.6 Å². The van der Waals surface area contributed by atoms with Gasteiger partial charge in [0.05, 0.1) is 16.6 Å². The summed E-state index contributed by atoms with van der Waals surface area (Å²) in [6.45, 7) is 5.40. The third kappa shape index (κ3) is 3.84. The molecular weight excluding hydrogens is 372 g/mol. The molecule has 0 saturated carbocycles. The van der Waals surface area contributed by atoms with Crippen molar-refractivity contribution < 1.29 is 18.7 Å². The topological polar surface area (TPSA) is 48.7 Å². The van der Waals surface area contributed by atoms with Crippen LogP contribution in [0.1, 0.15) is 31.3 Å². The van der Waals surface area contributed by atoms with Crippen LogP contribution in [-0.4, -0.2) is 18.7 Å². The van der Waals surface area contributed by atoms with Gasteiger partial charge in [0.1, 0.15) is 17.1 Å². The molecule has 22 heavy (non-hydrogen) atoms. The van der Waals surface area contributed by atoms with E-state index in [9.17, 15) is 4.79 Å². The highest BCUT2D eigenvalue weighted by Crippen LogP contribution is 2.36. The summed E-state index contributed by atoms with van der Waals surface area (Å²) >= 11 is 9.40. The number of hydrogen-bond acceptors (Lipinski definition) is 4. The number of rotatable bonds is 3. The largest absolute Gasteiger partial charge is 0.495 e. The molecule has 6 heteroatoms. The number of furan rings is 1. The third-order valence-electron chi connectivity index (χ3n) is 2.70. The number of carbonyl (C=O) groups is 1. The normalized spacial score (nSPS) is 11.4. The van der Waals surface area contributed by atoms with Crippen molar-refractivity contribution in [2.75, 3.05) is 7.11 Å². The molecule has 2 aromatic rings. The molecule has 0 saturated heterocycles. The summed E-state index contributed by atoms with van der Waals surface area (Å²) < 4.78 is 16.8. The van der Waals surface area contributed by atoms with Gasteiger partial charge in [-0.25, -0.2) is 4.79 Å². The molecule has 0 atom stereocenters. The van der Waals surface area contributed by atoms with Gasteiger partial charge in [0.2, 0.25) is 5.76 Å². The Bertz CT molecular complexity index is 701. The predicted molar refractivity (Wildman–Crippen MR) is 88.6 cm³/mol. The number of halogens is 2. The first-order chi connectivity index (χ1) is 10.2. The van der Waals surface area contributed by atoms with Gasteiger partial charge in [-0.05, 0) is 54.9 Å². The lowest BCUT2D eigenvalue weighted by atomic mass is 10.1. The van der Waals surface area contributed by atoms with Crippen molar-refractivity contribution in [3.8, 4) is 17.1 Å². The fourth-order valence-electron chi connectivity index (χ4n) is 1.80. The van der Waals surface area contributed by atoms with Crippen molar-refractivity contribution in [1.82, 2.24) is 0 Å². The van der Waals surface area contributed by atoms with Gasteiger partial charge in [0.15, 0.2) is 0 Å². The minimum Gasteiger partial charge on any atom is -0.495 e. The molecule has 0 aliphatic carbocycles. The minimum absolute atomic E-state index is 0.130. The average Bonchev–Trinajstić information content (AvgIpc) is 2.80. The highest BCUT2D eigenvalue weighted by Gasteiger charge is 2.23. The van der Waals surface area contributed by atoms with E-state index in [0.29, 0.717) is 21.0 Å². The Morgan fingerprint density at radius 1 is 1.27 bits per heavy atom. The summed E-state index contributed by atoms with van der Waals surface area (Å²) in [6.07, 6.45) is 0. The van der Waals surface area contributed by atoms with Gasteiger partial charge in [-0.15, -0.1) is 0 Å². The molecule has 1 aromatic heterocycles. The Kier molecular flexibility index (Phi) is 4.87. The molecule has 0 radical (unpaired) electrons. The number of esters is 1. The minimum atomic E-state index is -0.583. The summed E-state index contributed by atoms with van der Waals surface area (Å²) in [4.78, 5) is 12.1. The maximum Gasteiger partial charge on any atom is 0.374 e. The van der Waals surface area contributed by atoms with Gasteiger partial charge in [0, 0.05) is 11.6 Å². The SMILES string of the molecule is COc1cc(-c2oc(C(=O)OC(C)(C)C)cc2Br)ccc1Cl. The van der Waals surface area contributed by atoms with E-state index in [0.717, 1.165) is 5.56 Å². The molecule has 0 N–H and O–H groups in total. The van der Waals surface area contributed by atoms with Crippen molar-refractivity contribution in [3.63, 3.8) is 0 Å². The van der Waals surface area contributed by atoms with Crippen molar-refractivity contribution in [1.29, 1.82) is 0 Å². The fraction of sp³-hybridized carbons (Fsp3) is 0.312. The molecule has 0 spiro atoms. The van der Waals surface area contributed by atoms with E-state index in [4.69, 9.17) is 25.5 Å². The van der Waals surface area contributed by atoms with Crippen molar-refractivity contribution >= 4 is 33.5 Å². The number of carbonyl (C=O) groups excluding carboxylic acids is 1. The Hall–Kier alpha value is -1.46. The lowest BCUT2D eigenvalue weighted by molar-refractivity contribution is 0.00369. The summed E-state index contributed by atoms with van der Waals surface area (Å²) in [7, 11) is 1.54. The van der Waals surface area contributed by atoms with Gasteiger partial charge in [0.25, 0.3) is 0 Å². The van der Waals surface area contributed by atoms with E-state index in [1.807, 2.05) is 0 Å². The van der Waals surface area contributed by atoms with Crippen LogP contribution in [0.25, 0.3) is 11.3 Å². The van der Waals surface area contributed by atoms with Crippen LogP contribution < -0.4 is 4.74 Å². The highest BCUT2D eigenvalue weighted by atomic mass is 79.9. The second-order valence-electron chi connectivity index (χ2n) is 5.64. The quantitative estimate of drug-likeness (QED) is 0.668. The molecule has 0 fully saturated rings. The lowest BCUT2D eigenvalue weighted by Gasteiger charge is -2.18. The van der Waals surface area contributed by atoms with Gasteiger partial charge in [-0.2, -0.15) is 0 Å². The molecule has 0 aliphatic rings. The van der Waals surface area contributed by atoms with Crippen LogP contribution >= 0.6 is 27.5 Å². The van der Waals surface area contributed by atoms with E-state index in [2.05, 4.69) is 15.9 Å². The third-order valence-corrected chi connectivity index (χ3v) is 3.60. The van der Waals surface area contributed by atoms with Crippen LogP contribution in [0.3, 0.4) is 0 Å². The molecule has 118 valence electrons. The molecule has 0 amide bonds. The maximum atomic E-state index is 12.1. The zero-order valence-electron chi connectivity index (χ0n) is 12.7. The van der Waals surface area contributed by atoms with Crippen molar-refractivity contribution in [2.45, 2.75) is 26.4 Å². The monoisotopic (exact) mass is 386 g/mol. The zero-order chi connectivity index (χ0) is 16.5. The lowest BCUT2D eigenvalue weighted by Crippen LogP contribution is -2.23. The molecule has 2 rings (SSSR count). The van der Waals surface area contributed by atoms with Gasteiger partial charge < -0.3 is 13.9 Å². The number of methoxy groups -OCH3 is 1. The van der Waals surface area contributed by atoms with E-state index >= 15 is 0 Å². The maximum absolute atomic E-state index is 12.1. The van der Waals surface area contributed by atoms with Gasteiger partial charge in [-0.3, -0.25) is 0 Å². The van der Waals surface area contributed by atoms with E-state index in [1.165, 1.54) is 7.11 Å². The van der Waals surface area contributed by atoms with Gasteiger partial charge in [-0.1, -0.05) is 11.6 Å². The van der Waals surface area contributed by atoms with Crippen LogP contribution in [0.2, 0.25) is 5.02 Å². The average molecular weight is 388 g/mol. The molecule has 0 bridgehead atoms. The smallest absolute Gasteiger partial charge is 0.374 e. The highest BCUT2D eigenvalue weighted by molar-refractivity contribution is 9.10. The summed E-state index contributed by atoms with van der Waals surface area (Å²) in [6, 6.07) is 6.82. The number of hydrogen-bond donors (Lipinski definition) is 0. The molecule has 1 heterocycles. The van der Waals surface area contributed by atoms with E-state index in [-0.39, 0.29) is 5.76 Å². The van der Waals surface area contributed by atoms with Crippen molar-refractivity contribution in [3.05, 3.63) is 39.5 Å².